The number of hydrogen-bond donors (Lipinski definition) is 3. The van der Waals surface area contributed by atoms with Crippen molar-refractivity contribution in [3.05, 3.63) is 76.6 Å². The molecule has 1 aromatic heterocycles. The molecule has 0 radical (unpaired) electrons. The lowest BCUT2D eigenvalue weighted by molar-refractivity contribution is -0.0608. The number of aliphatic hydroxyl groups excluding tert-OH is 3. The minimum absolute atomic E-state index is 0.159. The van der Waals surface area contributed by atoms with Crippen LogP contribution in [0.25, 0.3) is 22.4 Å². The van der Waals surface area contributed by atoms with Crippen LogP contribution in [0.5, 0.6) is 0 Å². The van der Waals surface area contributed by atoms with Crippen molar-refractivity contribution in [2.75, 3.05) is 6.61 Å². The smallest absolute Gasteiger partial charge is 0.287 e. The minimum Gasteiger partial charge on any atom is -0.394 e. The molecule has 2 heterocycles. The van der Waals surface area contributed by atoms with Gasteiger partial charge in [0.15, 0.2) is 6.23 Å². The highest BCUT2D eigenvalue weighted by molar-refractivity contribution is 5.84. The summed E-state index contributed by atoms with van der Waals surface area (Å²) in [6, 6.07) is 20.0. The van der Waals surface area contributed by atoms with Crippen molar-refractivity contribution < 1.29 is 20.1 Å². The number of hydrogen-bond acceptors (Lipinski definition) is 7. The quantitative estimate of drug-likeness (QED) is 0.592. The maximum atomic E-state index is 13.2. The fraction of sp³-hybridized carbons (Fsp3) is 0.227. The molecule has 3 N–H and O–H groups in total. The van der Waals surface area contributed by atoms with E-state index in [0.29, 0.717) is 22.4 Å². The third-order valence-corrected chi connectivity index (χ3v) is 5.10. The molecule has 0 spiro atoms. The van der Waals surface area contributed by atoms with Gasteiger partial charge >= 0.3 is 0 Å². The number of aliphatic hydroxyl groups is 3. The normalized spacial score (nSPS) is 23.3. The largest absolute Gasteiger partial charge is 0.394 e. The van der Waals surface area contributed by atoms with E-state index in [2.05, 4.69) is 5.10 Å². The SMILES string of the molecule is N#Cc1c(-c2ccccc2)c(-c2ccccc2)nn([C@@H]2O[C@H](CO)[C@@H](O)[C@H]2O)c1=O. The predicted molar refractivity (Wildman–Crippen MR) is 107 cm³/mol. The van der Waals surface area contributed by atoms with Crippen molar-refractivity contribution in [3.8, 4) is 28.5 Å². The third kappa shape index (κ3) is 3.30. The second-order valence-corrected chi connectivity index (χ2v) is 6.92. The molecule has 0 aliphatic carbocycles. The number of aromatic nitrogens is 2. The molecule has 0 amide bonds. The van der Waals surface area contributed by atoms with Gasteiger partial charge in [0.1, 0.15) is 35.6 Å². The second kappa shape index (κ2) is 8.18. The Morgan fingerprint density at radius 3 is 2.13 bits per heavy atom. The highest BCUT2D eigenvalue weighted by atomic mass is 16.6. The Morgan fingerprint density at radius 1 is 1.00 bits per heavy atom. The van der Waals surface area contributed by atoms with Crippen LogP contribution in [0, 0.1) is 11.3 Å². The molecule has 8 nitrogen and oxygen atoms in total. The first kappa shape index (κ1) is 19.9. The topological polar surface area (TPSA) is 129 Å². The summed E-state index contributed by atoms with van der Waals surface area (Å²) in [5, 5.41) is 44.1. The molecule has 30 heavy (non-hydrogen) atoms. The summed E-state index contributed by atoms with van der Waals surface area (Å²) in [5.74, 6) is 0. The van der Waals surface area contributed by atoms with E-state index in [9.17, 15) is 25.4 Å². The average Bonchev–Trinajstić information content (AvgIpc) is 3.08. The first-order chi connectivity index (χ1) is 14.6. The molecular formula is C22H19N3O5. The fourth-order valence-corrected chi connectivity index (χ4v) is 3.59. The molecule has 3 aromatic rings. The Balaban J connectivity index is 2.00. The van der Waals surface area contributed by atoms with Crippen LogP contribution in [0.2, 0.25) is 0 Å². The summed E-state index contributed by atoms with van der Waals surface area (Å²) >= 11 is 0. The Labute approximate surface area is 171 Å². The Kier molecular flexibility index (Phi) is 5.44. The minimum atomic E-state index is -1.50. The van der Waals surface area contributed by atoms with Crippen LogP contribution >= 0.6 is 0 Å². The zero-order valence-electron chi connectivity index (χ0n) is 15.8. The molecule has 0 saturated carbocycles. The van der Waals surface area contributed by atoms with Gasteiger partial charge in [0, 0.05) is 11.1 Å². The molecule has 8 heteroatoms. The fourth-order valence-electron chi connectivity index (χ4n) is 3.59. The molecular weight excluding hydrogens is 386 g/mol. The lowest BCUT2D eigenvalue weighted by Gasteiger charge is -2.20. The van der Waals surface area contributed by atoms with Gasteiger partial charge in [-0.25, -0.2) is 0 Å². The summed E-state index contributed by atoms with van der Waals surface area (Å²) in [5.41, 5.74) is 1.12. The van der Waals surface area contributed by atoms with Gasteiger partial charge in [-0.3, -0.25) is 4.79 Å². The van der Waals surface area contributed by atoms with Gasteiger partial charge in [-0.2, -0.15) is 15.0 Å². The number of benzene rings is 2. The van der Waals surface area contributed by atoms with Crippen LogP contribution in [0.15, 0.2) is 65.5 Å². The van der Waals surface area contributed by atoms with E-state index in [0.717, 1.165) is 4.68 Å². The summed E-state index contributed by atoms with van der Waals surface area (Å²) in [4.78, 5) is 13.2. The molecule has 152 valence electrons. The van der Waals surface area contributed by atoms with Crippen LogP contribution in [0.3, 0.4) is 0 Å². The maximum Gasteiger partial charge on any atom is 0.287 e. The van der Waals surface area contributed by atoms with E-state index < -0.39 is 36.7 Å². The molecule has 1 fully saturated rings. The zero-order chi connectivity index (χ0) is 21.3. The number of ether oxygens (including phenoxy) is 1. The lowest BCUT2D eigenvalue weighted by Crippen LogP contribution is -2.37. The summed E-state index contributed by atoms with van der Waals surface area (Å²) < 4.78 is 6.35. The number of nitrogens with zero attached hydrogens (tertiary/aromatic N) is 3. The molecule has 0 unspecified atom stereocenters. The predicted octanol–water partition coefficient (Wildman–Crippen LogP) is 1.06. The molecule has 4 rings (SSSR count). The van der Waals surface area contributed by atoms with Gasteiger partial charge in [0.25, 0.3) is 5.56 Å². The van der Waals surface area contributed by atoms with Gasteiger partial charge < -0.3 is 20.1 Å². The Hall–Kier alpha value is -3.35. The van der Waals surface area contributed by atoms with E-state index >= 15 is 0 Å². The maximum absolute atomic E-state index is 13.2. The van der Waals surface area contributed by atoms with Gasteiger partial charge in [0.05, 0.1) is 6.61 Å². The molecule has 1 aliphatic heterocycles. The van der Waals surface area contributed by atoms with E-state index in [4.69, 9.17) is 4.74 Å². The van der Waals surface area contributed by atoms with Crippen LogP contribution in [-0.4, -0.2) is 50.0 Å². The Morgan fingerprint density at radius 2 is 1.60 bits per heavy atom. The van der Waals surface area contributed by atoms with Crippen LogP contribution in [0.4, 0.5) is 0 Å². The third-order valence-electron chi connectivity index (χ3n) is 5.10. The van der Waals surface area contributed by atoms with Crippen molar-refractivity contribution >= 4 is 0 Å². The highest BCUT2D eigenvalue weighted by Crippen LogP contribution is 2.34. The standard InChI is InChI=1S/C22H19N3O5/c23-11-15-17(13-7-3-1-4-8-13)18(14-9-5-2-6-10-14)24-25(21(15)29)22-20(28)19(27)16(12-26)30-22/h1-10,16,19-20,22,26-28H,12H2/t16-,19-,20-,22-/m1/s1. The average molecular weight is 405 g/mol. The summed E-state index contributed by atoms with van der Waals surface area (Å²) in [7, 11) is 0. The molecule has 1 aliphatic rings. The van der Waals surface area contributed by atoms with Crippen molar-refractivity contribution in [2.24, 2.45) is 0 Å². The molecule has 1 saturated heterocycles. The monoisotopic (exact) mass is 405 g/mol. The van der Waals surface area contributed by atoms with Gasteiger partial charge in [0.2, 0.25) is 0 Å². The van der Waals surface area contributed by atoms with E-state index in [1.165, 1.54) is 0 Å². The molecule has 0 bridgehead atoms. The van der Waals surface area contributed by atoms with E-state index in [1.807, 2.05) is 18.2 Å². The first-order valence-electron chi connectivity index (χ1n) is 9.37. The molecule has 4 atom stereocenters. The number of rotatable bonds is 4. The number of nitriles is 1. The van der Waals surface area contributed by atoms with Gasteiger partial charge in [-0.05, 0) is 5.56 Å². The zero-order valence-corrected chi connectivity index (χ0v) is 15.8. The highest BCUT2D eigenvalue weighted by Gasteiger charge is 2.45. The van der Waals surface area contributed by atoms with Crippen molar-refractivity contribution in [1.29, 1.82) is 5.26 Å². The van der Waals surface area contributed by atoms with Gasteiger partial charge in [-0.15, -0.1) is 0 Å². The second-order valence-electron chi connectivity index (χ2n) is 6.92. The van der Waals surface area contributed by atoms with Crippen molar-refractivity contribution in [1.82, 2.24) is 9.78 Å². The van der Waals surface area contributed by atoms with E-state index in [1.54, 1.807) is 48.5 Å². The van der Waals surface area contributed by atoms with E-state index in [-0.39, 0.29) is 5.56 Å². The van der Waals surface area contributed by atoms with Crippen LogP contribution in [-0.2, 0) is 4.74 Å². The Bertz CT molecular complexity index is 1140. The van der Waals surface area contributed by atoms with Crippen LogP contribution < -0.4 is 5.56 Å². The lowest BCUT2D eigenvalue weighted by atomic mass is 9.96. The van der Waals surface area contributed by atoms with Gasteiger partial charge in [-0.1, -0.05) is 60.7 Å². The van der Waals surface area contributed by atoms with Crippen LogP contribution in [0.1, 0.15) is 11.8 Å². The summed E-state index contributed by atoms with van der Waals surface area (Å²) in [6.45, 7) is -0.539. The summed E-state index contributed by atoms with van der Waals surface area (Å²) in [6.07, 6.45) is -5.31. The molecule has 2 aromatic carbocycles. The van der Waals surface area contributed by atoms with Crippen molar-refractivity contribution in [2.45, 2.75) is 24.5 Å². The van der Waals surface area contributed by atoms with Crippen molar-refractivity contribution in [3.63, 3.8) is 0 Å². The first-order valence-corrected chi connectivity index (χ1v) is 9.37.